The second kappa shape index (κ2) is 15.6. The first kappa shape index (κ1) is 34.1. The van der Waals surface area contributed by atoms with E-state index in [0.717, 1.165) is 17.7 Å². The molecule has 5 aromatic rings. The van der Waals surface area contributed by atoms with Crippen molar-refractivity contribution in [1.29, 1.82) is 0 Å². The molecule has 248 valence electrons. The third-order valence-electron chi connectivity index (χ3n) is 7.52. The standard InChI is InChI=1S/C38H31F3N4O4/c39-38(40,41)29-19-15-26(16-20-29)31-13-7-8-14-32(31)36(48)44-30-21-17-28(18-22-30)35(47)43-24-33(46)45-34(27-11-5-2-6-12-27)37(49)42-23-25-9-3-1-4-10-25/h1-22,34H,23-24H2,(H,42,49)(H,43,47)(H,44,48)(H,45,46)/t34-/m0/s1. The van der Waals surface area contributed by atoms with Gasteiger partial charge in [0.25, 0.3) is 11.8 Å². The van der Waals surface area contributed by atoms with Gasteiger partial charge in [0, 0.05) is 23.4 Å². The SMILES string of the molecule is O=C(CNC(=O)c1ccc(NC(=O)c2ccccc2-c2ccc(C(F)(F)F)cc2)cc1)N[C@H](C(=O)NCc1ccccc1)c1ccccc1. The van der Waals surface area contributed by atoms with Gasteiger partial charge in [0.05, 0.1) is 12.1 Å². The summed E-state index contributed by atoms with van der Waals surface area (Å²) >= 11 is 0. The monoisotopic (exact) mass is 664 g/mol. The Morgan fingerprint density at radius 3 is 1.90 bits per heavy atom. The summed E-state index contributed by atoms with van der Waals surface area (Å²) in [5.41, 5.74) is 2.41. The van der Waals surface area contributed by atoms with Crippen molar-refractivity contribution in [2.45, 2.75) is 18.8 Å². The second-order valence-electron chi connectivity index (χ2n) is 10.9. The van der Waals surface area contributed by atoms with Gasteiger partial charge in [-0.25, -0.2) is 0 Å². The van der Waals surface area contributed by atoms with Crippen molar-refractivity contribution in [3.63, 3.8) is 0 Å². The molecule has 8 nitrogen and oxygen atoms in total. The van der Waals surface area contributed by atoms with Gasteiger partial charge in [-0.3, -0.25) is 19.2 Å². The van der Waals surface area contributed by atoms with Gasteiger partial charge in [-0.1, -0.05) is 91.0 Å². The molecule has 0 aliphatic carbocycles. The number of alkyl halides is 3. The number of carbonyl (C=O) groups excluding carboxylic acids is 4. The van der Waals surface area contributed by atoms with Gasteiger partial charge in [0.1, 0.15) is 6.04 Å². The zero-order chi connectivity index (χ0) is 34.8. The molecule has 0 heterocycles. The van der Waals surface area contributed by atoms with Crippen LogP contribution < -0.4 is 21.3 Å². The van der Waals surface area contributed by atoms with Gasteiger partial charge in [-0.05, 0) is 64.7 Å². The van der Waals surface area contributed by atoms with Crippen molar-refractivity contribution in [1.82, 2.24) is 16.0 Å². The van der Waals surface area contributed by atoms with E-state index in [1.807, 2.05) is 30.3 Å². The van der Waals surface area contributed by atoms with E-state index >= 15 is 0 Å². The average Bonchev–Trinajstić information content (AvgIpc) is 3.12. The van der Waals surface area contributed by atoms with Gasteiger partial charge in [-0.2, -0.15) is 13.2 Å². The first-order chi connectivity index (χ1) is 23.6. The van der Waals surface area contributed by atoms with Gasteiger partial charge in [0.2, 0.25) is 11.8 Å². The Morgan fingerprint density at radius 2 is 1.24 bits per heavy atom. The van der Waals surface area contributed by atoms with Crippen LogP contribution >= 0.6 is 0 Å². The smallest absolute Gasteiger partial charge is 0.350 e. The lowest BCUT2D eigenvalue weighted by molar-refractivity contribution is -0.137. The van der Waals surface area contributed by atoms with Crippen molar-refractivity contribution in [2.75, 3.05) is 11.9 Å². The van der Waals surface area contributed by atoms with Gasteiger partial charge < -0.3 is 21.3 Å². The number of nitrogens with one attached hydrogen (secondary N) is 4. The number of rotatable bonds is 11. The maximum absolute atomic E-state index is 13.1. The number of hydrogen-bond acceptors (Lipinski definition) is 4. The first-order valence-corrected chi connectivity index (χ1v) is 15.2. The van der Waals surface area contributed by atoms with E-state index in [-0.39, 0.29) is 17.7 Å². The van der Waals surface area contributed by atoms with Gasteiger partial charge >= 0.3 is 6.18 Å². The Bertz CT molecular complexity index is 1920. The maximum atomic E-state index is 13.1. The lowest BCUT2D eigenvalue weighted by Crippen LogP contribution is -2.44. The van der Waals surface area contributed by atoms with Crippen LogP contribution in [0.5, 0.6) is 0 Å². The molecule has 0 unspecified atom stereocenters. The van der Waals surface area contributed by atoms with Crippen LogP contribution in [0, 0.1) is 0 Å². The molecule has 0 fully saturated rings. The molecule has 11 heteroatoms. The van der Waals surface area contributed by atoms with Crippen molar-refractivity contribution in [3.8, 4) is 11.1 Å². The van der Waals surface area contributed by atoms with E-state index in [4.69, 9.17) is 0 Å². The number of carbonyl (C=O) groups is 4. The third kappa shape index (κ3) is 9.19. The van der Waals surface area contributed by atoms with Crippen molar-refractivity contribution in [2.24, 2.45) is 0 Å². The molecule has 0 radical (unpaired) electrons. The van der Waals surface area contributed by atoms with Crippen LogP contribution in [0.15, 0.2) is 133 Å². The van der Waals surface area contributed by atoms with E-state index in [0.29, 0.717) is 22.4 Å². The highest BCUT2D eigenvalue weighted by molar-refractivity contribution is 6.09. The lowest BCUT2D eigenvalue weighted by Gasteiger charge is -2.19. The van der Waals surface area contributed by atoms with E-state index in [2.05, 4.69) is 21.3 Å². The topological polar surface area (TPSA) is 116 Å². The highest BCUT2D eigenvalue weighted by Gasteiger charge is 2.30. The van der Waals surface area contributed by atoms with Gasteiger partial charge in [0.15, 0.2) is 0 Å². The van der Waals surface area contributed by atoms with E-state index in [1.54, 1.807) is 54.6 Å². The van der Waals surface area contributed by atoms with Crippen LogP contribution in [0.25, 0.3) is 11.1 Å². The molecular weight excluding hydrogens is 633 g/mol. The Hall–Kier alpha value is -6.23. The number of amides is 4. The van der Waals surface area contributed by atoms with Crippen molar-refractivity contribution < 1.29 is 32.3 Å². The molecule has 5 aromatic carbocycles. The summed E-state index contributed by atoms with van der Waals surface area (Å²) in [7, 11) is 0. The molecule has 49 heavy (non-hydrogen) atoms. The summed E-state index contributed by atoms with van der Waals surface area (Å²) < 4.78 is 39.0. The fourth-order valence-electron chi connectivity index (χ4n) is 4.98. The number of benzene rings is 5. The average molecular weight is 665 g/mol. The van der Waals surface area contributed by atoms with Crippen LogP contribution in [0.1, 0.15) is 43.4 Å². The summed E-state index contributed by atoms with van der Waals surface area (Å²) in [5, 5.41) is 10.8. The normalized spacial score (nSPS) is 11.6. The molecule has 0 spiro atoms. The van der Waals surface area contributed by atoms with Crippen LogP contribution in [0.3, 0.4) is 0 Å². The molecule has 0 aliphatic rings. The van der Waals surface area contributed by atoms with Crippen molar-refractivity contribution in [3.05, 3.63) is 161 Å². The predicted octanol–water partition coefficient (Wildman–Crippen LogP) is 6.53. The predicted molar refractivity (Wildman–Crippen MR) is 179 cm³/mol. The summed E-state index contributed by atoms with van der Waals surface area (Å²) in [6, 6.07) is 34.1. The third-order valence-corrected chi connectivity index (χ3v) is 7.52. The van der Waals surface area contributed by atoms with Crippen LogP contribution in [0.4, 0.5) is 18.9 Å². The zero-order valence-corrected chi connectivity index (χ0v) is 26.0. The molecule has 0 bridgehead atoms. The molecule has 0 saturated carbocycles. The maximum Gasteiger partial charge on any atom is 0.416 e. The van der Waals surface area contributed by atoms with Crippen LogP contribution in [-0.2, 0) is 22.3 Å². The molecule has 0 saturated heterocycles. The highest BCUT2D eigenvalue weighted by Crippen LogP contribution is 2.32. The van der Waals surface area contributed by atoms with E-state index < -0.39 is 48.0 Å². The van der Waals surface area contributed by atoms with E-state index in [9.17, 15) is 32.3 Å². The number of hydrogen-bond donors (Lipinski definition) is 4. The Kier molecular flexibility index (Phi) is 10.8. The van der Waals surface area contributed by atoms with Crippen LogP contribution in [0.2, 0.25) is 0 Å². The number of anilines is 1. The fourth-order valence-corrected chi connectivity index (χ4v) is 4.98. The fraction of sp³-hybridized carbons (Fsp3) is 0.105. The molecular formula is C38H31F3N4O4. The summed E-state index contributed by atoms with van der Waals surface area (Å²) in [6.07, 6.45) is -4.47. The largest absolute Gasteiger partial charge is 0.416 e. The molecule has 4 amide bonds. The zero-order valence-electron chi connectivity index (χ0n) is 26.0. The molecule has 1 atom stereocenters. The Morgan fingerprint density at radius 1 is 0.633 bits per heavy atom. The van der Waals surface area contributed by atoms with Crippen molar-refractivity contribution >= 4 is 29.3 Å². The number of halogens is 3. The Labute approximate surface area is 280 Å². The summed E-state index contributed by atoms with van der Waals surface area (Å²) in [6.45, 7) is -0.120. The lowest BCUT2D eigenvalue weighted by atomic mass is 9.98. The minimum atomic E-state index is -4.47. The minimum absolute atomic E-state index is 0.219. The molecule has 5 rings (SSSR count). The Balaban J connectivity index is 1.17. The van der Waals surface area contributed by atoms with E-state index in [1.165, 1.54) is 36.4 Å². The quantitative estimate of drug-likeness (QED) is 0.129. The summed E-state index contributed by atoms with van der Waals surface area (Å²) in [4.78, 5) is 51.9. The molecule has 0 aliphatic heterocycles. The minimum Gasteiger partial charge on any atom is -0.350 e. The molecule has 4 N–H and O–H groups in total. The first-order valence-electron chi connectivity index (χ1n) is 15.2. The second-order valence-corrected chi connectivity index (χ2v) is 10.9. The summed E-state index contributed by atoms with van der Waals surface area (Å²) in [5.74, 6) is -2.03. The van der Waals surface area contributed by atoms with Gasteiger partial charge in [-0.15, -0.1) is 0 Å². The van der Waals surface area contributed by atoms with Crippen LogP contribution in [-0.4, -0.2) is 30.2 Å². The molecule has 0 aromatic heterocycles. The highest BCUT2D eigenvalue weighted by atomic mass is 19.4.